The first-order valence-electron chi connectivity index (χ1n) is 9.43. The zero-order chi connectivity index (χ0) is 20.8. The van der Waals surface area contributed by atoms with E-state index in [9.17, 15) is 14.4 Å². The van der Waals surface area contributed by atoms with Crippen LogP contribution in [0, 0.1) is 6.92 Å². The van der Waals surface area contributed by atoms with E-state index in [2.05, 4.69) is 10.6 Å². The van der Waals surface area contributed by atoms with Crippen molar-refractivity contribution in [1.82, 2.24) is 15.1 Å². The number of hydrogen-bond donors (Lipinski definition) is 3. The zero-order valence-corrected chi connectivity index (χ0v) is 17.1. The van der Waals surface area contributed by atoms with Crippen LogP contribution in [0.3, 0.4) is 0 Å². The number of benzene rings is 1. The molecule has 0 saturated carbocycles. The Labute approximate surface area is 173 Å². The van der Waals surface area contributed by atoms with Crippen LogP contribution in [0.15, 0.2) is 41.8 Å². The van der Waals surface area contributed by atoms with Crippen LogP contribution in [0.5, 0.6) is 0 Å². The molecule has 9 heteroatoms. The van der Waals surface area contributed by atoms with Crippen molar-refractivity contribution in [2.75, 3.05) is 31.5 Å². The molecule has 1 atom stereocenters. The lowest BCUT2D eigenvalue weighted by molar-refractivity contribution is -0.140. The number of hydrogen-bond acceptors (Lipinski definition) is 5. The van der Waals surface area contributed by atoms with E-state index in [4.69, 9.17) is 5.73 Å². The van der Waals surface area contributed by atoms with Crippen molar-refractivity contribution < 1.29 is 14.4 Å². The van der Waals surface area contributed by atoms with Crippen molar-refractivity contribution in [1.29, 1.82) is 0 Å². The third-order valence-electron chi connectivity index (χ3n) is 4.61. The van der Waals surface area contributed by atoms with Gasteiger partial charge in [0.25, 0.3) is 5.91 Å². The number of nitrogens with two attached hydrogens (primary N) is 1. The Bertz CT molecular complexity index is 871. The Kier molecular flexibility index (Phi) is 6.84. The van der Waals surface area contributed by atoms with Gasteiger partial charge in [0.15, 0.2) is 6.17 Å². The maximum Gasteiger partial charge on any atom is 0.323 e. The van der Waals surface area contributed by atoms with E-state index < -0.39 is 18.1 Å². The van der Waals surface area contributed by atoms with Crippen molar-refractivity contribution in [3.05, 3.63) is 52.2 Å². The van der Waals surface area contributed by atoms with E-state index in [0.717, 1.165) is 10.4 Å². The van der Waals surface area contributed by atoms with Crippen LogP contribution in [0.4, 0.5) is 10.5 Å². The number of urea groups is 1. The predicted molar refractivity (Wildman–Crippen MR) is 112 cm³/mol. The van der Waals surface area contributed by atoms with E-state index in [1.807, 2.05) is 42.6 Å². The summed E-state index contributed by atoms with van der Waals surface area (Å²) in [5, 5.41) is 7.42. The highest BCUT2D eigenvalue weighted by molar-refractivity contribution is 7.10. The van der Waals surface area contributed by atoms with E-state index in [-0.39, 0.29) is 32.0 Å². The molecule has 0 bridgehead atoms. The van der Waals surface area contributed by atoms with Crippen molar-refractivity contribution in [3.63, 3.8) is 0 Å². The number of anilines is 1. The van der Waals surface area contributed by atoms with Crippen LogP contribution < -0.4 is 16.4 Å². The molecule has 2 heterocycles. The average molecular weight is 416 g/mol. The summed E-state index contributed by atoms with van der Waals surface area (Å²) in [6.07, 6.45) is -0.801. The van der Waals surface area contributed by atoms with E-state index in [1.165, 1.54) is 21.1 Å². The maximum absolute atomic E-state index is 12.9. The minimum absolute atomic E-state index is 0.189. The monoisotopic (exact) mass is 415 g/mol. The van der Waals surface area contributed by atoms with Crippen LogP contribution in [-0.2, 0) is 16.0 Å². The number of nitrogens with one attached hydrogen (secondary N) is 2. The quantitative estimate of drug-likeness (QED) is 0.662. The molecule has 1 aromatic carbocycles. The summed E-state index contributed by atoms with van der Waals surface area (Å²) in [5.41, 5.74) is 7.13. The van der Waals surface area contributed by atoms with Crippen molar-refractivity contribution in [3.8, 4) is 0 Å². The molecule has 0 aliphatic carbocycles. The minimum Gasteiger partial charge on any atom is -0.351 e. The third kappa shape index (κ3) is 5.12. The molecule has 2 aromatic rings. The van der Waals surface area contributed by atoms with Gasteiger partial charge < -0.3 is 21.3 Å². The molecule has 1 saturated heterocycles. The Morgan fingerprint density at radius 1 is 1.17 bits per heavy atom. The SMILES string of the molecule is Cc1cccc(NC(=O)N2CCN(C(=O)Cc3cccs3)C2C(=O)NCCN)c1. The van der Waals surface area contributed by atoms with Gasteiger partial charge in [0.2, 0.25) is 5.91 Å². The number of amides is 4. The molecule has 3 rings (SSSR count). The lowest BCUT2D eigenvalue weighted by Gasteiger charge is -2.29. The van der Waals surface area contributed by atoms with E-state index in [1.54, 1.807) is 6.07 Å². The minimum atomic E-state index is -1.00. The molecule has 8 nitrogen and oxygen atoms in total. The fourth-order valence-electron chi connectivity index (χ4n) is 3.25. The van der Waals surface area contributed by atoms with Gasteiger partial charge in [-0.25, -0.2) is 4.79 Å². The second kappa shape index (κ2) is 9.53. The van der Waals surface area contributed by atoms with Crippen LogP contribution in [0.2, 0.25) is 0 Å². The van der Waals surface area contributed by atoms with E-state index in [0.29, 0.717) is 12.2 Å². The van der Waals surface area contributed by atoms with Gasteiger partial charge in [-0.3, -0.25) is 14.5 Å². The predicted octanol–water partition coefficient (Wildman–Crippen LogP) is 1.38. The highest BCUT2D eigenvalue weighted by atomic mass is 32.1. The van der Waals surface area contributed by atoms with Gasteiger partial charge in [-0.2, -0.15) is 0 Å². The molecule has 4 amide bonds. The van der Waals surface area contributed by atoms with E-state index >= 15 is 0 Å². The van der Waals surface area contributed by atoms with Gasteiger partial charge in [-0.1, -0.05) is 18.2 Å². The zero-order valence-electron chi connectivity index (χ0n) is 16.3. The van der Waals surface area contributed by atoms with Gasteiger partial charge in [-0.15, -0.1) is 11.3 Å². The highest BCUT2D eigenvalue weighted by Crippen LogP contribution is 2.20. The van der Waals surface area contributed by atoms with Gasteiger partial charge in [0.1, 0.15) is 0 Å². The first-order chi connectivity index (χ1) is 14.0. The van der Waals surface area contributed by atoms with Crippen molar-refractivity contribution in [2.24, 2.45) is 5.73 Å². The number of carbonyl (C=O) groups is 3. The summed E-state index contributed by atoms with van der Waals surface area (Å²) < 4.78 is 0. The largest absolute Gasteiger partial charge is 0.351 e. The van der Waals surface area contributed by atoms with Crippen LogP contribution >= 0.6 is 11.3 Å². The molecule has 29 heavy (non-hydrogen) atoms. The molecule has 0 radical (unpaired) electrons. The molecule has 1 aliphatic rings. The Hall–Kier alpha value is -2.91. The maximum atomic E-state index is 12.9. The fourth-order valence-corrected chi connectivity index (χ4v) is 3.95. The molecule has 1 unspecified atom stereocenters. The van der Waals surface area contributed by atoms with Gasteiger partial charge >= 0.3 is 6.03 Å². The number of aryl methyl sites for hydroxylation is 1. The first kappa shape index (κ1) is 20.8. The second-order valence-corrected chi connectivity index (χ2v) is 7.82. The van der Waals surface area contributed by atoms with Crippen LogP contribution in [-0.4, -0.2) is 60.0 Å². The van der Waals surface area contributed by atoms with Crippen LogP contribution in [0.1, 0.15) is 10.4 Å². The smallest absolute Gasteiger partial charge is 0.323 e. The Morgan fingerprint density at radius 2 is 1.97 bits per heavy atom. The number of carbonyl (C=O) groups excluding carboxylic acids is 3. The highest BCUT2D eigenvalue weighted by Gasteiger charge is 2.42. The number of thiophene rings is 1. The Balaban J connectivity index is 1.76. The molecular weight excluding hydrogens is 390 g/mol. The lowest BCUT2D eigenvalue weighted by atomic mass is 10.2. The summed E-state index contributed by atoms with van der Waals surface area (Å²) in [5.74, 6) is -0.599. The molecule has 154 valence electrons. The average Bonchev–Trinajstić information content (AvgIpc) is 3.35. The van der Waals surface area contributed by atoms with Gasteiger partial charge in [-0.05, 0) is 36.1 Å². The standard InChI is InChI=1S/C20H25N5O3S/c1-14-4-2-5-15(12-14)23-20(28)25-10-9-24(19(25)18(27)22-8-7-21)17(26)13-16-6-3-11-29-16/h2-6,11-12,19H,7-10,13,21H2,1H3,(H,22,27)(H,23,28). The lowest BCUT2D eigenvalue weighted by Crippen LogP contribution is -2.55. The molecule has 1 aliphatic heterocycles. The third-order valence-corrected chi connectivity index (χ3v) is 5.48. The molecule has 1 aromatic heterocycles. The van der Waals surface area contributed by atoms with Crippen LogP contribution in [0.25, 0.3) is 0 Å². The first-order valence-corrected chi connectivity index (χ1v) is 10.3. The molecule has 1 fully saturated rings. The summed E-state index contributed by atoms with van der Waals surface area (Å²) >= 11 is 1.49. The summed E-state index contributed by atoms with van der Waals surface area (Å²) in [7, 11) is 0. The topological polar surface area (TPSA) is 108 Å². The number of nitrogens with zero attached hydrogens (tertiary/aromatic N) is 2. The molecule has 0 spiro atoms. The molecule has 4 N–H and O–H groups in total. The van der Waals surface area contributed by atoms with Crippen molar-refractivity contribution >= 4 is 34.9 Å². The van der Waals surface area contributed by atoms with Gasteiger partial charge in [0.05, 0.1) is 6.42 Å². The summed E-state index contributed by atoms with van der Waals surface area (Å²) in [6.45, 7) is 3.05. The summed E-state index contributed by atoms with van der Waals surface area (Å²) in [6, 6.07) is 10.7. The molecular formula is C20H25N5O3S. The Morgan fingerprint density at radius 3 is 2.66 bits per heavy atom. The van der Waals surface area contributed by atoms with Crippen molar-refractivity contribution in [2.45, 2.75) is 19.5 Å². The summed E-state index contributed by atoms with van der Waals surface area (Å²) in [4.78, 5) is 42.2. The van der Waals surface area contributed by atoms with Gasteiger partial charge in [0, 0.05) is 36.7 Å². The normalized spacial score (nSPS) is 16.0. The number of rotatable bonds is 6. The fraction of sp³-hybridized carbons (Fsp3) is 0.350. The second-order valence-electron chi connectivity index (χ2n) is 6.79.